The summed E-state index contributed by atoms with van der Waals surface area (Å²) in [6.45, 7) is 2.38. The fourth-order valence-corrected chi connectivity index (χ4v) is 1.76. The molecule has 0 saturated heterocycles. The Morgan fingerprint density at radius 3 is 1.16 bits per heavy atom. The molecule has 0 aromatic heterocycles. The number of carbonyl (C=O) groups excluding carboxylic acids is 2. The van der Waals surface area contributed by atoms with Crippen LogP contribution in [0.15, 0.2) is 60.7 Å². The third kappa shape index (κ3) is 6.59. The number of benzene rings is 2. The molecule has 0 bridgehead atoms. The van der Waals surface area contributed by atoms with Crippen LogP contribution < -0.4 is 10.2 Å². The second-order valence-corrected chi connectivity index (χ2v) is 5.45. The quantitative estimate of drug-likeness (QED) is 0.551. The van der Waals surface area contributed by atoms with Gasteiger partial charge in [0.25, 0.3) is 0 Å². The van der Waals surface area contributed by atoms with Crippen LogP contribution in [0.4, 0.5) is 0 Å². The standard InChI is InChI=1S/2C9H10O3.Ba/c2*1-9(12,8(10)11)7-5-3-2-4-6-7;/h2*2-6,12H,1H3,(H,10,11);/q;;+2/p-2/t2*9-;/m11./s1. The number of aliphatic hydroxyl groups is 2. The van der Waals surface area contributed by atoms with Gasteiger partial charge in [-0.3, -0.25) is 0 Å². The van der Waals surface area contributed by atoms with E-state index in [0.29, 0.717) is 11.1 Å². The van der Waals surface area contributed by atoms with Crippen molar-refractivity contribution in [3.63, 3.8) is 0 Å². The minimum atomic E-state index is -1.90. The van der Waals surface area contributed by atoms with Crippen molar-refractivity contribution in [3.8, 4) is 0 Å². The second-order valence-electron chi connectivity index (χ2n) is 5.45. The molecule has 0 saturated carbocycles. The van der Waals surface area contributed by atoms with Crippen LogP contribution in [0, 0.1) is 0 Å². The fourth-order valence-electron chi connectivity index (χ4n) is 1.76. The number of hydrogen-bond acceptors (Lipinski definition) is 6. The van der Waals surface area contributed by atoms with Crippen molar-refractivity contribution in [1.82, 2.24) is 0 Å². The molecule has 0 radical (unpaired) electrons. The molecular weight excluding hydrogens is 450 g/mol. The van der Waals surface area contributed by atoms with Crippen LogP contribution in [0.2, 0.25) is 0 Å². The minimum absolute atomic E-state index is 0. The van der Waals surface area contributed by atoms with Gasteiger partial charge in [-0.1, -0.05) is 60.7 Å². The van der Waals surface area contributed by atoms with E-state index in [-0.39, 0.29) is 48.9 Å². The molecule has 2 aromatic carbocycles. The zero-order valence-electron chi connectivity index (χ0n) is 14.0. The summed E-state index contributed by atoms with van der Waals surface area (Å²) in [5.41, 5.74) is -3.15. The first-order valence-corrected chi connectivity index (χ1v) is 7.09. The SMILES string of the molecule is C[C@](O)(C(=O)[O-])c1ccccc1.C[C@](O)(C(=O)[O-])c1ccccc1.[Ba+2]. The van der Waals surface area contributed by atoms with E-state index in [4.69, 9.17) is 0 Å². The maximum atomic E-state index is 10.5. The average Bonchev–Trinajstić information content (AvgIpc) is 2.56. The summed E-state index contributed by atoms with van der Waals surface area (Å²) in [7, 11) is 0. The van der Waals surface area contributed by atoms with Crippen LogP contribution in [-0.4, -0.2) is 71.0 Å². The second kappa shape index (κ2) is 10.1. The largest absolute Gasteiger partial charge is 2.00 e. The zero-order valence-corrected chi connectivity index (χ0v) is 18.4. The smallest absolute Gasteiger partial charge is 0.547 e. The molecule has 0 aliphatic carbocycles. The van der Waals surface area contributed by atoms with Gasteiger partial charge < -0.3 is 30.0 Å². The molecule has 0 amide bonds. The molecule has 128 valence electrons. The molecule has 0 heterocycles. The van der Waals surface area contributed by atoms with Crippen molar-refractivity contribution in [3.05, 3.63) is 71.8 Å². The van der Waals surface area contributed by atoms with Crippen LogP contribution in [-0.2, 0) is 20.8 Å². The molecule has 0 fully saturated rings. The van der Waals surface area contributed by atoms with E-state index < -0.39 is 23.1 Å². The number of carbonyl (C=O) groups is 2. The number of carboxylic acid groups (broad SMARTS) is 2. The normalized spacial score (nSPS) is 14.6. The van der Waals surface area contributed by atoms with Crippen LogP contribution in [0.5, 0.6) is 0 Å². The van der Waals surface area contributed by atoms with Crippen LogP contribution >= 0.6 is 0 Å². The Hall–Kier alpha value is -1.13. The third-order valence-electron chi connectivity index (χ3n) is 3.47. The van der Waals surface area contributed by atoms with E-state index in [1.807, 2.05) is 0 Å². The predicted octanol–water partition coefficient (Wildman–Crippen LogP) is -1.09. The molecular formula is C18H18BaO6. The fraction of sp³-hybridized carbons (Fsp3) is 0.222. The first-order valence-electron chi connectivity index (χ1n) is 7.09. The molecule has 0 aliphatic rings. The van der Waals surface area contributed by atoms with Gasteiger partial charge in [0.1, 0.15) is 11.2 Å². The monoisotopic (exact) mass is 468 g/mol. The van der Waals surface area contributed by atoms with Crippen molar-refractivity contribution in [2.75, 3.05) is 0 Å². The van der Waals surface area contributed by atoms with E-state index in [1.54, 1.807) is 36.4 Å². The van der Waals surface area contributed by atoms with E-state index in [2.05, 4.69) is 0 Å². The summed E-state index contributed by atoms with van der Waals surface area (Å²) in [4.78, 5) is 20.9. The van der Waals surface area contributed by atoms with Crippen LogP contribution in [0.1, 0.15) is 25.0 Å². The van der Waals surface area contributed by atoms with Gasteiger partial charge in [-0.25, -0.2) is 0 Å². The molecule has 2 atom stereocenters. The maximum absolute atomic E-state index is 10.5. The van der Waals surface area contributed by atoms with E-state index in [0.717, 1.165) is 0 Å². The predicted molar refractivity (Wildman–Crippen MR) is 87.8 cm³/mol. The number of aliphatic carboxylic acids is 2. The van der Waals surface area contributed by atoms with Crippen molar-refractivity contribution in [2.24, 2.45) is 0 Å². The summed E-state index contributed by atoms with van der Waals surface area (Å²) in [6.07, 6.45) is 0. The summed E-state index contributed by atoms with van der Waals surface area (Å²) in [5.74, 6) is -2.98. The van der Waals surface area contributed by atoms with Gasteiger partial charge in [0.2, 0.25) is 0 Å². The minimum Gasteiger partial charge on any atom is -0.547 e. The summed E-state index contributed by atoms with van der Waals surface area (Å²) in [5, 5.41) is 39.7. The molecule has 25 heavy (non-hydrogen) atoms. The Labute approximate surface area is 186 Å². The van der Waals surface area contributed by atoms with Crippen molar-refractivity contribution in [1.29, 1.82) is 0 Å². The topological polar surface area (TPSA) is 121 Å². The Morgan fingerprint density at radius 1 is 0.720 bits per heavy atom. The van der Waals surface area contributed by atoms with Gasteiger partial charge in [-0.2, -0.15) is 0 Å². The molecule has 2 rings (SSSR count). The number of rotatable bonds is 4. The first-order chi connectivity index (χ1) is 11.1. The Bertz CT molecular complexity index is 622. The molecule has 0 aliphatic heterocycles. The van der Waals surface area contributed by atoms with E-state index in [9.17, 15) is 30.0 Å². The third-order valence-corrected chi connectivity index (χ3v) is 3.47. The summed E-state index contributed by atoms with van der Waals surface area (Å²) in [6, 6.07) is 16.3. The van der Waals surface area contributed by atoms with E-state index >= 15 is 0 Å². The first kappa shape index (κ1) is 23.9. The Morgan fingerprint density at radius 2 is 0.960 bits per heavy atom. The van der Waals surface area contributed by atoms with Gasteiger partial charge in [-0.05, 0) is 25.0 Å². The average molecular weight is 468 g/mol. The maximum Gasteiger partial charge on any atom is 2.00 e. The molecule has 7 heteroatoms. The van der Waals surface area contributed by atoms with Crippen LogP contribution in [0.25, 0.3) is 0 Å². The molecule has 2 aromatic rings. The van der Waals surface area contributed by atoms with E-state index in [1.165, 1.54) is 38.1 Å². The number of carboxylic acids is 2. The molecule has 0 spiro atoms. The summed E-state index contributed by atoms with van der Waals surface area (Å²) < 4.78 is 0. The Balaban J connectivity index is 0.000000443. The van der Waals surface area contributed by atoms with Crippen LogP contribution in [0.3, 0.4) is 0 Å². The van der Waals surface area contributed by atoms with Crippen molar-refractivity contribution in [2.45, 2.75) is 25.0 Å². The van der Waals surface area contributed by atoms with Crippen molar-refractivity contribution >= 4 is 60.8 Å². The van der Waals surface area contributed by atoms with Gasteiger partial charge in [-0.15, -0.1) is 0 Å². The van der Waals surface area contributed by atoms with Gasteiger partial charge in [0.05, 0.1) is 11.9 Å². The summed E-state index contributed by atoms with van der Waals surface area (Å²) >= 11 is 0. The van der Waals surface area contributed by atoms with Gasteiger partial charge >= 0.3 is 48.9 Å². The van der Waals surface area contributed by atoms with Gasteiger partial charge in [0, 0.05) is 0 Å². The molecule has 6 nitrogen and oxygen atoms in total. The molecule has 0 unspecified atom stereocenters. The number of hydrogen-bond donors (Lipinski definition) is 2. The van der Waals surface area contributed by atoms with Gasteiger partial charge in [0.15, 0.2) is 0 Å². The molecule has 2 N–H and O–H groups in total. The Kier molecular flexibility index (Phi) is 9.67. The van der Waals surface area contributed by atoms with Crippen molar-refractivity contribution < 1.29 is 30.0 Å². The zero-order chi connectivity index (χ0) is 18.4.